The number of aliphatic imine (C=N–C) groups is 1. The third-order valence-electron chi connectivity index (χ3n) is 6.49. The van der Waals surface area contributed by atoms with Crippen LogP contribution in [0.5, 0.6) is 5.75 Å². The summed E-state index contributed by atoms with van der Waals surface area (Å²) < 4.78 is 48.4. The Balaban J connectivity index is 1.41. The number of carbonyl (C=O) groups excluding carboxylic acids is 1. The van der Waals surface area contributed by atoms with Gasteiger partial charge in [0.1, 0.15) is 11.4 Å². The molecule has 2 heterocycles. The van der Waals surface area contributed by atoms with E-state index in [1.54, 1.807) is 10.7 Å². The van der Waals surface area contributed by atoms with Gasteiger partial charge in [0.2, 0.25) is 5.90 Å². The summed E-state index contributed by atoms with van der Waals surface area (Å²) in [5.74, 6) is -0.240. The van der Waals surface area contributed by atoms with E-state index < -0.39 is 6.36 Å². The number of nitrogens with zero attached hydrogens (tertiary/aromatic N) is 4. The number of rotatable bonds is 10. The maximum atomic E-state index is 12.7. The Hall–Kier alpha value is -4.12. The second-order valence-electron chi connectivity index (χ2n) is 9.47. The number of methoxy groups -OCH3 is 1. The van der Waals surface area contributed by atoms with Crippen LogP contribution in [0.3, 0.4) is 0 Å². The molecule has 40 heavy (non-hydrogen) atoms. The third-order valence-corrected chi connectivity index (χ3v) is 6.49. The molecule has 1 saturated heterocycles. The number of amides is 1. The van der Waals surface area contributed by atoms with Gasteiger partial charge >= 0.3 is 6.36 Å². The summed E-state index contributed by atoms with van der Waals surface area (Å²) in [5, 5.41) is 7.61. The van der Waals surface area contributed by atoms with Crippen molar-refractivity contribution in [3.63, 3.8) is 0 Å². The molecule has 1 fully saturated rings. The van der Waals surface area contributed by atoms with Crippen LogP contribution in [-0.4, -0.2) is 66.1 Å². The zero-order valence-corrected chi connectivity index (χ0v) is 22.5. The number of benzene rings is 2. The van der Waals surface area contributed by atoms with Crippen molar-refractivity contribution in [3.8, 4) is 5.75 Å². The second-order valence-corrected chi connectivity index (χ2v) is 9.47. The molecule has 8 nitrogen and oxygen atoms in total. The maximum Gasteiger partial charge on any atom is 0.573 e. The topological polar surface area (TPSA) is 81.0 Å². The van der Waals surface area contributed by atoms with Crippen molar-refractivity contribution in [2.75, 3.05) is 33.3 Å². The molecule has 1 aliphatic heterocycles. The molecular formula is C29H32F3N5O3. The average Bonchev–Trinajstić information content (AvgIpc) is 3.56. The molecular weight excluding hydrogens is 523 g/mol. The SMILES string of the molecule is C=C(N=C(OC)c1cc(C)n(Cc2cccc(C(=O)NCCN3CCCC3)c2)n1)c1ccc(OC(F)(F)F)cc1. The summed E-state index contributed by atoms with van der Waals surface area (Å²) in [5.41, 5.74) is 3.59. The quantitative estimate of drug-likeness (QED) is 0.281. The summed E-state index contributed by atoms with van der Waals surface area (Å²) in [6.45, 7) is 9.88. The highest BCUT2D eigenvalue weighted by atomic mass is 19.4. The van der Waals surface area contributed by atoms with Gasteiger partial charge in [0, 0.05) is 24.3 Å². The molecule has 1 aliphatic rings. The van der Waals surface area contributed by atoms with Crippen LogP contribution in [0.1, 0.15) is 45.7 Å². The smallest absolute Gasteiger partial charge is 0.479 e. The Morgan fingerprint density at radius 3 is 2.50 bits per heavy atom. The number of alkyl halides is 3. The molecule has 0 radical (unpaired) electrons. The van der Waals surface area contributed by atoms with Gasteiger partial charge < -0.3 is 19.7 Å². The second kappa shape index (κ2) is 12.8. The van der Waals surface area contributed by atoms with Crippen LogP contribution in [0.15, 0.2) is 66.2 Å². The van der Waals surface area contributed by atoms with Crippen molar-refractivity contribution < 1.29 is 27.4 Å². The fraction of sp³-hybridized carbons (Fsp3) is 0.345. The fourth-order valence-corrected chi connectivity index (χ4v) is 4.44. The molecule has 0 spiro atoms. The Labute approximate surface area is 231 Å². The molecule has 4 rings (SSSR count). The van der Waals surface area contributed by atoms with Gasteiger partial charge in [-0.1, -0.05) is 18.7 Å². The van der Waals surface area contributed by atoms with Crippen LogP contribution >= 0.6 is 0 Å². The molecule has 1 N–H and O–H groups in total. The van der Waals surface area contributed by atoms with Gasteiger partial charge in [0.15, 0.2) is 0 Å². The van der Waals surface area contributed by atoms with E-state index >= 15 is 0 Å². The van der Waals surface area contributed by atoms with Crippen LogP contribution in [0.4, 0.5) is 13.2 Å². The Bertz CT molecular complexity index is 1360. The highest BCUT2D eigenvalue weighted by Crippen LogP contribution is 2.25. The lowest BCUT2D eigenvalue weighted by Gasteiger charge is -2.15. The first kappa shape index (κ1) is 28.9. The van der Waals surface area contributed by atoms with Crippen LogP contribution in [-0.2, 0) is 11.3 Å². The number of aromatic nitrogens is 2. The molecule has 11 heteroatoms. The molecule has 0 bridgehead atoms. The molecule has 3 aromatic rings. The number of nitrogens with one attached hydrogen (secondary N) is 1. The molecule has 0 saturated carbocycles. The lowest BCUT2D eigenvalue weighted by Crippen LogP contribution is -2.33. The monoisotopic (exact) mass is 555 g/mol. The Morgan fingerprint density at radius 2 is 1.82 bits per heavy atom. The van der Waals surface area contributed by atoms with Crippen molar-refractivity contribution >= 4 is 17.5 Å². The van der Waals surface area contributed by atoms with Gasteiger partial charge in [-0.3, -0.25) is 9.48 Å². The predicted molar refractivity (Wildman–Crippen MR) is 146 cm³/mol. The minimum atomic E-state index is -4.77. The summed E-state index contributed by atoms with van der Waals surface area (Å²) in [4.78, 5) is 19.4. The third kappa shape index (κ3) is 7.95. The van der Waals surface area contributed by atoms with Crippen molar-refractivity contribution in [2.45, 2.75) is 32.7 Å². The normalized spacial score (nSPS) is 14.3. The summed E-state index contributed by atoms with van der Waals surface area (Å²) in [7, 11) is 1.45. The van der Waals surface area contributed by atoms with Gasteiger partial charge in [-0.05, 0) is 86.4 Å². The fourth-order valence-electron chi connectivity index (χ4n) is 4.44. The van der Waals surface area contributed by atoms with Crippen LogP contribution < -0.4 is 10.1 Å². The van der Waals surface area contributed by atoms with Crippen LogP contribution in [0.2, 0.25) is 0 Å². The number of aryl methyl sites for hydroxylation is 1. The van der Waals surface area contributed by atoms with Gasteiger partial charge in [-0.15, -0.1) is 13.2 Å². The van der Waals surface area contributed by atoms with Crippen molar-refractivity contribution in [2.24, 2.45) is 4.99 Å². The van der Waals surface area contributed by atoms with E-state index in [0.29, 0.717) is 29.9 Å². The zero-order chi connectivity index (χ0) is 28.7. The number of ether oxygens (including phenoxy) is 2. The van der Waals surface area contributed by atoms with E-state index in [2.05, 4.69) is 31.6 Å². The number of halogens is 3. The molecule has 0 aliphatic carbocycles. The lowest BCUT2D eigenvalue weighted by molar-refractivity contribution is -0.274. The van der Waals surface area contributed by atoms with Crippen LogP contribution in [0, 0.1) is 6.92 Å². The Kier molecular flexibility index (Phi) is 9.26. The first-order valence-corrected chi connectivity index (χ1v) is 12.9. The van der Waals surface area contributed by atoms with Gasteiger partial charge in [-0.2, -0.15) is 5.10 Å². The van der Waals surface area contributed by atoms with Crippen molar-refractivity contribution in [1.29, 1.82) is 0 Å². The molecule has 1 aromatic heterocycles. The molecule has 1 amide bonds. The van der Waals surface area contributed by atoms with E-state index in [0.717, 1.165) is 30.9 Å². The van der Waals surface area contributed by atoms with Gasteiger partial charge in [0.05, 0.1) is 19.4 Å². The minimum Gasteiger partial charge on any atom is -0.479 e. The Morgan fingerprint density at radius 1 is 1.10 bits per heavy atom. The number of hydrogen-bond acceptors (Lipinski definition) is 6. The standard InChI is InChI=1S/C29H32F3N5O3/c1-20-17-26(28(39-3)34-21(2)23-9-11-25(12-10-23)40-29(30,31)32)35-37(20)19-22-7-6-8-24(18-22)27(38)33-13-16-36-14-4-5-15-36/h6-12,17-18H,2,4-5,13-16,19H2,1,3H3,(H,33,38). The van der Waals surface area contributed by atoms with E-state index in [1.807, 2.05) is 31.2 Å². The summed E-state index contributed by atoms with van der Waals surface area (Å²) in [6, 6.07) is 14.5. The number of hydrogen-bond donors (Lipinski definition) is 1. The van der Waals surface area contributed by atoms with Crippen molar-refractivity contribution in [1.82, 2.24) is 20.0 Å². The minimum absolute atomic E-state index is 0.107. The number of carbonyl (C=O) groups is 1. The lowest BCUT2D eigenvalue weighted by atomic mass is 10.1. The maximum absolute atomic E-state index is 12.7. The van der Waals surface area contributed by atoms with E-state index in [-0.39, 0.29) is 23.3 Å². The summed E-state index contributed by atoms with van der Waals surface area (Å²) in [6.07, 6.45) is -2.33. The zero-order valence-electron chi connectivity index (χ0n) is 22.5. The highest BCUT2D eigenvalue weighted by molar-refractivity contribution is 5.96. The highest BCUT2D eigenvalue weighted by Gasteiger charge is 2.31. The van der Waals surface area contributed by atoms with E-state index in [4.69, 9.17) is 4.74 Å². The number of likely N-dealkylation sites (tertiary alicyclic amines) is 1. The van der Waals surface area contributed by atoms with E-state index in [9.17, 15) is 18.0 Å². The predicted octanol–water partition coefficient (Wildman–Crippen LogP) is 5.03. The summed E-state index contributed by atoms with van der Waals surface area (Å²) >= 11 is 0. The van der Waals surface area contributed by atoms with Crippen LogP contribution in [0.25, 0.3) is 5.70 Å². The van der Waals surface area contributed by atoms with E-state index in [1.165, 1.54) is 44.2 Å². The molecule has 0 atom stereocenters. The molecule has 2 aromatic carbocycles. The first-order valence-electron chi connectivity index (χ1n) is 12.9. The average molecular weight is 556 g/mol. The van der Waals surface area contributed by atoms with Crippen molar-refractivity contribution in [3.05, 3.63) is 89.3 Å². The first-order chi connectivity index (χ1) is 19.1. The van der Waals surface area contributed by atoms with Gasteiger partial charge in [0.25, 0.3) is 5.91 Å². The molecule has 212 valence electrons. The molecule has 0 unspecified atom stereocenters. The largest absolute Gasteiger partial charge is 0.573 e. The van der Waals surface area contributed by atoms with Gasteiger partial charge in [-0.25, -0.2) is 4.99 Å².